The zero-order valence-corrected chi connectivity index (χ0v) is 13.1. The van der Waals surface area contributed by atoms with Crippen molar-refractivity contribution in [2.75, 3.05) is 11.4 Å². The molecule has 1 aliphatic heterocycles. The second-order valence-corrected chi connectivity index (χ2v) is 5.71. The monoisotopic (exact) mass is 312 g/mol. The van der Waals surface area contributed by atoms with E-state index in [1.54, 1.807) is 18.6 Å². The van der Waals surface area contributed by atoms with E-state index >= 15 is 0 Å². The highest BCUT2D eigenvalue weighted by atomic mass is 16.1. The van der Waals surface area contributed by atoms with Crippen LogP contribution in [0.5, 0.6) is 0 Å². The first-order valence-electron chi connectivity index (χ1n) is 7.79. The van der Waals surface area contributed by atoms with E-state index in [1.165, 1.54) is 0 Å². The summed E-state index contributed by atoms with van der Waals surface area (Å²) in [5.41, 5.74) is 7.06. The van der Waals surface area contributed by atoms with Crippen LogP contribution >= 0.6 is 0 Å². The molecule has 0 spiro atoms. The lowest BCUT2D eigenvalue weighted by Gasteiger charge is -2.25. The minimum atomic E-state index is -0.315. The van der Waals surface area contributed by atoms with E-state index in [1.807, 2.05) is 13.0 Å². The summed E-state index contributed by atoms with van der Waals surface area (Å²) in [4.78, 5) is 30.8. The van der Waals surface area contributed by atoms with Crippen molar-refractivity contribution in [2.24, 2.45) is 5.73 Å². The maximum absolute atomic E-state index is 11.0. The predicted octanol–water partition coefficient (Wildman–Crippen LogP) is 1.33. The first-order valence-corrected chi connectivity index (χ1v) is 7.79. The van der Waals surface area contributed by atoms with Crippen molar-refractivity contribution in [1.29, 1.82) is 0 Å². The van der Waals surface area contributed by atoms with Crippen molar-refractivity contribution in [3.05, 3.63) is 41.9 Å². The lowest BCUT2D eigenvalue weighted by molar-refractivity contribution is -0.118. The summed E-state index contributed by atoms with van der Waals surface area (Å²) >= 11 is 0. The molecule has 1 fully saturated rings. The Bertz CT molecular complexity index is 690. The fourth-order valence-electron chi connectivity index (χ4n) is 2.99. The SMILES string of the molecule is Cc1nc(CCC(N)=O)cc([C@H]2CCCN2c2cnccn2)n1. The summed E-state index contributed by atoms with van der Waals surface area (Å²) < 4.78 is 0. The molecule has 0 unspecified atom stereocenters. The number of aryl methyl sites for hydroxylation is 2. The maximum Gasteiger partial charge on any atom is 0.217 e. The standard InChI is InChI=1S/C16H20N6O/c1-11-20-12(4-5-15(17)23)9-13(21-11)14-3-2-8-22(14)16-10-18-6-7-19-16/h6-7,9-10,14H,2-5,8H2,1H3,(H2,17,23)/t14-/m1/s1. The summed E-state index contributed by atoms with van der Waals surface area (Å²) in [7, 11) is 0. The fraction of sp³-hybridized carbons (Fsp3) is 0.438. The predicted molar refractivity (Wildman–Crippen MR) is 85.6 cm³/mol. The van der Waals surface area contributed by atoms with Crippen molar-refractivity contribution in [2.45, 2.75) is 38.6 Å². The smallest absolute Gasteiger partial charge is 0.217 e. The summed E-state index contributed by atoms with van der Waals surface area (Å²) in [6.07, 6.45) is 8.10. The number of primary amides is 1. The topological polar surface area (TPSA) is 97.9 Å². The lowest BCUT2D eigenvalue weighted by Crippen LogP contribution is -2.25. The summed E-state index contributed by atoms with van der Waals surface area (Å²) in [5, 5.41) is 0. The molecule has 1 aliphatic rings. The minimum absolute atomic E-state index is 0.167. The molecule has 3 rings (SSSR count). The van der Waals surface area contributed by atoms with E-state index in [9.17, 15) is 4.79 Å². The number of hydrogen-bond donors (Lipinski definition) is 1. The van der Waals surface area contributed by atoms with Crippen LogP contribution in [0.4, 0.5) is 5.82 Å². The van der Waals surface area contributed by atoms with Gasteiger partial charge in [-0.1, -0.05) is 0 Å². The second kappa shape index (κ2) is 6.68. The van der Waals surface area contributed by atoms with Crippen LogP contribution in [0, 0.1) is 6.92 Å². The number of aromatic nitrogens is 4. The number of hydrogen-bond acceptors (Lipinski definition) is 6. The molecule has 7 heteroatoms. The third-order valence-corrected chi connectivity index (χ3v) is 3.98. The summed E-state index contributed by atoms with van der Waals surface area (Å²) in [6.45, 7) is 2.81. The van der Waals surface area contributed by atoms with Crippen LogP contribution in [0.15, 0.2) is 24.7 Å². The number of amides is 1. The minimum Gasteiger partial charge on any atom is -0.370 e. The van der Waals surface area contributed by atoms with Crippen molar-refractivity contribution in [3.63, 3.8) is 0 Å². The Labute approximate surface area is 135 Å². The zero-order valence-electron chi connectivity index (χ0n) is 13.1. The van der Waals surface area contributed by atoms with Crippen molar-refractivity contribution >= 4 is 11.7 Å². The highest BCUT2D eigenvalue weighted by Crippen LogP contribution is 2.34. The molecule has 0 saturated carbocycles. The van der Waals surface area contributed by atoms with Gasteiger partial charge in [0.2, 0.25) is 5.91 Å². The van der Waals surface area contributed by atoms with Crippen LogP contribution in [0.3, 0.4) is 0 Å². The van der Waals surface area contributed by atoms with Crippen LogP contribution in [0.1, 0.15) is 42.5 Å². The molecule has 1 atom stereocenters. The zero-order chi connectivity index (χ0) is 16.2. The average molecular weight is 312 g/mol. The van der Waals surface area contributed by atoms with Gasteiger partial charge in [-0.05, 0) is 32.3 Å². The highest BCUT2D eigenvalue weighted by Gasteiger charge is 2.28. The molecular formula is C16H20N6O. The molecule has 2 N–H and O–H groups in total. The Balaban J connectivity index is 1.86. The molecule has 1 saturated heterocycles. The Kier molecular flexibility index (Phi) is 4.45. The van der Waals surface area contributed by atoms with Crippen LogP contribution < -0.4 is 10.6 Å². The Hall–Kier alpha value is -2.57. The van der Waals surface area contributed by atoms with Crippen molar-refractivity contribution in [3.8, 4) is 0 Å². The van der Waals surface area contributed by atoms with Gasteiger partial charge in [-0.3, -0.25) is 9.78 Å². The number of nitrogens with two attached hydrogens (primary N) is 1. The van der Waals surface area contributed by atoms with Crippen LogP contribution in [-0.4, -0.2) is 32.4 Å². The largest absolute Gasteiger partial charge is 0.370 e. The van der Waals surface area contributed by atoms with Gasteiger partial charge in [0.05, 0.1) is 17.9 Å². The van der Waals surface area contributed by atoms with Gasteiger partial charge >= 0.3 is 0 Å². The highest BCUT2D eigenvalue weighted by molar-refractivity contribution is 5.73. The molecule has 3 heterocycles. The Morgan fingerprint density at radius 3 is 3.00 bits per heavy atom. The van der Waals surface area contributed by atoms with Gasteiger partial charge in [-0.15, -0.1) is 0 Å². The van der Waals surface area contributed by atoms with E-state index < -0.39 is 0 Å². The number of nitrogens with zero attached hydrogens (tertiary/aromatic N) is 5. The summed E-state index contributed by atoms with van der Waals surface area (Å²) in [5.74, 6) is 1.27. The average Bonchev–Trinajstić information content (AvgIpc) is 3.03. The Morgan fingerprint density at radius 1 is 1.39 bits per heavy atom. The maximum atomic E-state index is 11.0. The van der Waals surface area contributed by atoms with E-state index in [-0.39, 0.29) is 11.9 Å². The van der Waals surface area contributed by atoms with Crippen LogP contribution in [0.25, 0.3) is 0 Å². The van der Waals surface area contributed by atoms with Gasteiger partial charge in [0.25, 0.3) is 0 Å². The molecule has 120 valence electrons. The number of anilines is 1. The first-order chi connectivity index (χ1) is 11.1. The third-order valence-electron chi connectivity index (χ3n) is 3.98. The number of carbonyl (C=O) groups excluding carboxylic acids is 1. The van der Waals surface area contributed by atoms with Crippen LogP contribution in [-0.2, 0) is 11.2 Å². The van der Waals surface area contributed by atoms with Gasteiger partial charge in [0.1, 0.15) is 11.6 Å². The molecule has 0 radical (unpaired) electrons. The van der Waals surface area contributed by atoms with E-state index in [0.717, 1.165) is 36.6 Å². The van der Waals surface area contributed by atoms with Gasteiger partial charge in [-0.25, -0.2) is 15.0 Å². The summed E-state index contributed by atoms with van der Waals surface area (Å²) in [6, 6.07) is 2.15. The molecular weight excluding hydrogens is 292 g/mol. The first kappa shape index (κ1) is 15.3. The van der Waals surface area contributed by atoms with E-state index in [2.05, 4.69) is 24.8 Å². The third kappa shape index (κ3) is 3.61. The molecule has 2 aromatic rings. The quantitative estimate of drug-likeness (QED) is 0.894. The van der Waals surface area contributed by atoms with Crippen LogP contribution in [0.2, 0.25) is 0 Å². The fourth-order valence-corrected chi connectivity index (χ4v) is 2.99. The normalized spacial score (nSPS) is 17.4. The Morgan fingerprint density at radius 2 is 2.26 bits per heavy atom. The molecule has 1 amide bonds. The lowest BCUT2D eigenvalue weighted by atomic mass is 10.1. The van der Waals surface area contributed by atoms with Gasteiger partial charge in [0.15, 0.2) is 0 Å². The van der Waals surface area contributed by atoms with Gasteiger partial charge in [-0.2, -0.15) is 0 Å². The molecule has 7 nitrogen and oxygen atoms in total. The molecule has 0 aromatic carbocycles. The van der Waals surface area contributed by atoms with E-state index in [0.29, 0.717) is 18.7 Å². The van der Waals surface area contributed by atoms with Crippen molar-refractivity contribution in [1.82, 2.24) is 19.9 Å². The second-order valence-electron chi connectivity index (χ2n) is 5.71. The van der Waals surface area contributed by atoms with Gasteiger partial charge in [0, 0.05) is 31.1 Å². The molecule has 0 bridgehead atoms. The number of carbonyl (C=O) groups is 1. The number of rotatable bonds is 5. The molecule has 0 aliphatic carbocycles. The molecule has 2 aromatic heterocycles. The molecule has 23 heavy (non-hydrogen) atoms. The van der Waals surface area contributed by atoms with Crippen molar-refractivity contribution < 1.29 is 4.79 Å². The van der Waals surface area contributed by atoms with Gasteiger partial charge < -0.3 is 10.6 Å². The van der Waals surface area contributed by atoms with E-state index in [4.69, 9.17) is 5.73 Å².